The summed E-state index contributed by atoms with van der Waals surface area (Å²) in [6.07, 6.45) is -4.61. The molecule has 11 heteroatoms. The Morgan fingerprint density at radius 3 is 2.87 bits per heavy atom. The summed E-state index contributed by atoms with van der Waals surface area (Å²) < 4.78 is 44.4. The maximum absolute atomic E-state index is 12.9. The first-order valence-corrected chi connectivity index (χ1v) is 7.58. The summed E-state index contributed by atoms with van der Waals surface area (Å²) in [4.78, 5) is 4.27. The minimum absolute atomic E-state index is 0.130. The van der Waals surface area contributed by atoms with Crippen LogP contribution in [0.5, 0.6) is 5.75 Å². The van der Waals surface area contributed by atoms with E-state index in [0.717, 1.165) is 16.4 Å². The summed E-state index contributed by atoms with van der Waals surface area (Å²) in [7, 11) is 1.46. The number of thioether (sulfide) groups is 1. The van der Waals surface area contributed by atoms with Crippen molar-refractivity contribution in [3.05, 3.63) is 29.0 Å². The average molecular weight is 364 g/mol. The van der Waals surface area contributed by atoms with E-state index in [1.165, 1.54) is 7.11 Å². The zero-order valence-corrected chi connectivity index (χ0v) is 13.1. The number of alkyl halides is 3. The fourth-order valence-corrected chi connectivity index (χ4v) is 2.82. The second-order valence-corrected chi connectivity index (χ2v) is 5.77. The first-order valence-electron chi connectivity index (χ1n) is 6.22. The van der Waals surface area contributed by atoms with E-state index in [2.05, 4.69) is 20.6 Å². The Morgan fingerprint density at radius 1 is 1.39 bits per heavy atom. The van der Waals surface area contributed by atoms with E-state index in [0.29, 0.717) is 28.0 Å². The summed E-state index contributed by atoms with van der Waals surface area (Å²) >= 11 is 7.03. The van der Waals surface area contributed by atoms with Crippen LogP contribution in [0.1, 0.15) is 5.82 Å². The number of benzene rings is 1. The predicted octanol–water partition coefficient (Wildman–Crippen LogP) is 3.34. The maximum Gasteiger partial charge on any atom is 0.453 e. The Morgan fingerprint density at radius 2 is 2.17 bits per heavy atom. The van der Waals surface area contributed by atoms with Crippen LogP contribution in [-0.4, -0.2) is 33.6 Å². The van der Waals surface area contributed by atoms with Gasteiger partial charge in [0.1, 0.15) is 11.6 Å². The molecule has 1 aliphatic heterocycles. The third-order valence-corrected chi connectivity index (χ3v) is 4.12. The Hall–Kier alpha value is -1.94. The van der Waals surface area contributed by atoms with Gasteiger partial charge < -0.3 is 4.74 Å². The van der Waals surface area contributed by atoms with Gasteiger partial charge in [-0.15, -0.1) is 10.2 Å². The molecule has 1 aromatic heterocycles. The van der Waals surface area contributed by atoms with Gasteiger partial charge in [0.2, 0.25) is 5.16 Å². The Balaban J connectivity index is 1.91. The van der Waals surface area contributed by atoms with Gasteiger partial charge in [-0.3, -0.25) is 5.43 Å². The highest BCUT2D eigenvalue weighted by atomic mass is 35.5. The van der Waals surface area contributed by atoms with Crippen LogP contribution in [0.3, 0.4) is 0 Å². The second-order valence-electron chi connectivity index (χ2n) is 4.42. The SMILES string of the molecule is COc1cc(N=C2CSc3nnc(C(F)(F)F)n3N2)ccc1Cl. The Kier molecular flexibility index (Phi) is 4.11. The number of hydrogen-bond acceptors (Lipinski definition) is 5. The number of hydrogen-bond donors (Lipinski definition) is 1. The Labute approximate surface area is 137 Å². The van der Waals surface area contributed by atoms with E-state index in [1.807, 2.05) is 0 Å². The largest absolute Gasteiger partial charge is 0.495 e. The smallest absolute Gasteiger partial charge is 0.453 e. The standard InChI is InChI=1S/C12H9ClF3N5OS/c1-22-8-4-6(2-3-7(8)13)17-9-5-23-11-19-18-10(12(14,15)16)21(11)20-9/h2-4H,5H2,1H3,(H,17,20). The van der Waals surface area contributed by atoms with Crippen LogP contribution >= 0.6 is 23.4 Å². The van der Waals surface area contributed by atoms with Gasteiger partial charge in [0.05, 0.1) is 23.6 Å². The molecule has 0 fully saturated rings. The monoisotopic (exact) mass is 363 g/mol. The highest BCUT2D eigenvalue weighted by Crippen LogP contribution is 2.32. The van der Waals surface area contributed by atoms with Crippen LogP contribution < -0.4 is 10.2 Å². The van der Waals surface area contributed by atoms with Crippen LogP contribution in [0, 0.1) is 0 Å². The predicted molar refractivity (Wildman–Crippen MR) is 80.2 cm³/mol. The number of halogens is 4. The number of nitrogens with one attached hydrogen (secondary N) is 1. The molecule has 1 aliphatic rings. The molecule has 1 N–H and O–H groups in total. The van der Waals surface area contributed by atoms with Crippen LogP contribution in [0.15, 0.2) is 28.3 Å². The van der Waals surface area contributed by atoms with Crippen LogP contribution in [0.4, 0.5) is 18.9 Å². The molecular weight excluding hydrogens is 355 g/mol. The molecule has 0 aliphatic carbocycles. The Bertz CT molecular complexity index is 777. The molecule has 2 heterocycles. The number of amidine groups is 1. The number of fused-ring (bicyclic) bond motifs is 1. The van der Waals surface area contributed by atoms with E-state index in [4.69, 9.17) is 16.3 Å². The minimum atomic E-state index is -4.61. The summed E-state index contributed by atoms with van der Waals surface area (Å²) in [5.41, 5.74) is 3.08. The van der Waals surface area contributed by atoms with Crippen molar-refractivity contribution >= 4 is 34.9 Å². The molecule has 0 unspecified atom stereocenters. The molecule has 3 rings (SSSR count). The summed E-state index contributed by atoms with van der Waals surface area (Å²) in [5, 5.41) is 7.22. The van der Waals surface area contributed by atoms with E-state index in [-0.39, 0.29) is 5.16 Å². The van der Waals surface area contributed by atoms with Gasteiger partial charge >= 0.3 is 6.18 Å². The minimum Gasteiger partial charge on any atom is -0.495 e. The molecule has 122 valence electrons. The maximum atomic E-state index is 12.9. The van der Waals surface area contributed by atoms with Crippen molar-refractivity contribution in [2.45, 2.75) is 11.3 Å². The second kappa shape index (κ2) is 5.93. The topological polar surface area (TPSA) is 64.3 Å². The van der Waals surface area contributed by atoms with Crippen molar-refractivity contribution in [1.29, 1.82) is 0 Å². The van der Waals surface area contributed by atoms with Gasteiger partial charge in [-0.2, -0.15) is 13.2 Å². The van der Waals surface area contributed by atoms with Gasteiger partial charge in [0, 0.05) is 6.07 Å². The molecule has 0 spiro atoms. The molecule has 0 radical (unpaired) electrons. The number of aromatic nitrogens is 3. The van der Waals surface area contributed by atoms with Crippen molar-refractivity contribution in [3.8, 4) is 5.75 Å². The molecule has 2 aromatic rings. The van der Waals surface area contributed by atoms with E-state index < -0.39 is 12.0 Å². The van der Waals surface area contributed by atoms with Gasteiger partial charge in [-0.05, 0) is 12.1 Å². The number of aliphatic imine (C=N–C) groups is 1. The van der Waals surface area contributed by atoms with E-state index >= 15 is 0 Å². The molecule has 1 aromatic carbocycles. The third kappa shape index (κ3) is 3.22. The molecule has 0 atom stereocenters. The number of ether oxygens (including phenoxy) is 1. The van der Waals surface area contributed by atoms with Gasteiger partial charge in [0.15, 0.2) is 0 Å². The number of methoxy groups -OCH3 is 1. The third-order valence-electron chi connectivity index (χ3n) is 2.86. The van der Waals surface area contributed by atoms with Crippen molar-refractivity contribution in [2.75, 3.05) is 18.3 Å². The molecule has 0 bridgehead atoms. The zero-order valence-electron chi connectivity index (χ0n) is 11.6. The highest BCUT2D eigenvalue weighted by Gasteiger charge is 2.40. The van der Waals surface area contributed by atoms with E-state index in [9.17, 15) is 13.2 Å². The van der Waals surface area contributed by atoms with Crippen molar-refractivity contribution in [1.82, 2.24) is 14.9 Å². The first kappa shape index (κ1) is 15.9. The molecule has 23 heavy (non-hydrogen) atoms. The highest BCUT2D eigenvalue weighted by molar-refractivity contribution is 7.99. The summed E-state index contributed by atoms with van der Waals surface area (Å²) in [5.74, 6) is -0.0304. The van der Waals surface area contributed by atoms with Gasteiger partial charge in [0.25, 0.3) is 5.82 Å². The fourth-order valence-electron chi connectivity index (χ4n) is 1.87. The average Bonchev–Trinajstić information content (AvgIpc) is 2.92. The van der Waals surface area contributed by atoms with Gasteiger partial charge in [-0.1, -0.05) is 23.4 Å². The van der Waals surface area contributed by atoms with Crippen molar-refractivity contribution in [3.63, 3.8) is 0 Å². The lowest BCUT2D eigenvalue weighted by atomic mass is 10.3. The zero-order chi connectivity index (χ0) is 16.6. The lowest BCUT2D eigenvalue weighted by molar-refractivity contribution is -0.146. The quantitative estimate of drug-likeness (QED) is 0.886. The van der Waals surface area contributed by atoms with Crippen LogP contribution in [0.25, 0.3) is 0 Å². The summed E-state index contributed by atoms with van der Waals surface area (Å²) in [6, 6.07) is 4.83. The van der Waals surface area contributed by atoms with Gasteiger partial charge in [-0.25, -0.2) is 9.67 Å². The molecule has 0 amide bonds. The van der Waals surface area contributed by atoms with Crippen molar-refractivity contribution in [2.24, 2.45) is 4.99 Å². The molecule has 6 nitrogen and oxygen atoms in total. The molecule has 0 saturated heterocycles. The number of nitrogens with zero attached hydrogens (tertiary/aromatic N) is 4. The van der Waals surface area contributed by atoms with Crippen LogP contribution in [0.2, 0.25) is 5.02 Å². The van der Waals surface area contributed by atoms with Crippen LogP contribution in [-0.2, 0) is 6.18 Å². The lowest BCUT2D eigenvalue weighted by Crippen LogP contribution is -2.33. The number of rotatable bonds is 2. The molecular formula is C12H9ClF3N5OS. The first-order chi connectivity index (χ1) is 10.9. The van der Waals surface area contributed by atoms with Crippen molar-refractivity contribution < 1.29 is 17.9 Å². The molecule has 0 saturated carbocycles. The fraction of sp³-hybridized carbons (Fsp3) is 0.250. The van der Waals surface area contributed by atoms with E-state index in [1.54, 1.807) is 18.2 Å². The normalized spacial score (nSPS) is 16.1. The summed E-state index contributed by atoms with van der Waals surface area (Å²) in [6.45, 7) is 0. The lowest BCUT2D eigenvalue weighted by Gasteiger charge is -2.19.